The van der Waals surface area contributed by atoms with Gasteiger partial charge in [-0.1, -0.05) is 0 Å². The average molecular weight is 335 g/mol. The molecule has 1 aromatic heterocycles. The molecule has 8 heteroatoms. The van der Waals surface area contributed by atoms with E-state index in [-0.39, 0.29) is 17.5 Å². The van der Waals surface area contributed by atoms with E-state index >= 15 is 0 Å². The van der Waals surface area contributed by atoms with Gasteiger partial charge in [-0.3, -0.25) is 0 Å². The Morgan fingerprint density at radius 3 is 2.44 bits per heavy atom. The van der Waals surface area contributed by atoms with E-state index in [4.69, 9.17) is 0 Å². The van der Waals surface area contributed by atoms with Crippen LogP contribution in [0.5, 0.6) is 0 Å². The van der Waals surface area contributed by atoms with Gasteiger partial charge in [0.25, 0.3) is 0 Å². The van der Waals surface area contributed by atoms with Crippen LogP contribution in [0, 0.1) is 0 Å². The quantitative estimate of drug-likeness (QED) is 0.807. The fraction of sp³-hybridized carbons (Fsp3) is 0.800. The van der Waals surface area contributed by atoms with Gasteiger partial charge in [0.05, 0.1) is 17.5 Å². The Balaban J connectivity index is 1.78. The van der Waals surface area contributed by atoms with E-state index in [1.807, 2.05) is 0 Å². The summed E-state index contributed by atoms with van der Waals surface area (Å²) in [4.78, 5) is 6.55. The van der Waals surface area contributed by atoms with E-state index in [0.29, 0.717) is 10.7 Å². The van der Waals surface area contributed by atoms with Gasteiger partial charge in [0.1, 0.15) is 0 Å². The summed E-state index contributed by atoms with van der Waals surface area (Å²) >= 11 is 3.36. The van der Waals surface area contributed by atoms with E-state index in [9.17, 15) is 8.42 Å². The van der Waals surface area contributed by atoms with Crippen molar-refractivity contribution in [3.8, 4) is 0 Å². The third kappa shape index (κ3) is 2.27. The molecule has 0 aliphatic carbocycles. The summed E-state index contributed by atoms with van der Waals surface area (Å²) in [6, 6.07) is -0.0598. The van der Waals surface area contributed by atoms with Crippen molar-refractivity contribution < 1.29 is 8.42 Å². The minimum atomic E-state index is -2.83. The number of halogens is 1. The van der Waals surface area contributed by atoms with Crippen LogP contribution in [0.2, 0.25) is 0 Å². The molecule has 2 aliphatic rings. The molecule has 1 aromatic rings. The van der Waals surface area contributed by atoms with E-state index in [1.54, 1.807) is 4.68 Å². The standard InChI is InChI=1S/C10H15BrN4O2S/c11-9-12-10(14-4-2-1-3-5-14)13-15(9)8-6-18(16,17)7-8/h8H,1-7H2. The van der Waals surface area contributed by atoms with Crippen LogP contribution in [0.3, 0.4) is 0 Å². The SMILES string of the molecule is O=S1(=O)CC(n2nc(N3CCCCC3)nc2Br)C1. The Bertz CT molecular complexity index is 538. The first-order valence-corrected chi connectivity index (χ1v) is 8.74. The first-order chi connectivity index (χ1) is 8.55. The first kappa shape index (κ1) is 12.4. The molecule has 100 valence electrons. The normalized spacial score (nSPS) is 23.9. The van der Waals surface area contributed by atoms with E-state index in [0.717, 1.165) is 13.1 Å². The smallest absolute Gasteiger partial charge is 0.245 e. The topological polar surface area (TPSA) is 68.1 Å². The van der Waals surface area contributed by atoms with Crippen molar-refractivity contribution in [1.82, 2.24) is 14.8 Å². The maximum atomic E-state index is 11.2. The summed E-state index contributed by atoms with van der Waals surface area (Å²) in [5.74, 6) is 1.06. The second-order valence-electron chi connectivity index (χ2n) is 4.90. The molecule has 18 heavy (non-hydrogen) atoms. The highest BCUT2D eigenvalue weighted by molar-refractivity contribution is 9.10. The second kappa shape index (κ2) is 4.48. The fourth-order valence-corrected chi connectivity index (χ4v) is 4.32. The predicted octanol–water partition coefficient (Wildman–Crippen LogP) is 1.00. The molecule has 0 bridgehead atoms. The molecular formula is C10H15BrN4O2S. The Kier molecular flexibility index (Phi) is 3.09. The molecule has 0 aromatic carbocycles. The van der Waals surface area contributed by atoms with E-state index in [1.165, 1.54) is 19.3 Å². The largest absolute Gasteiger partial charge is 0.340 e. The number of hydrogen-bond donors (Lipinski definition) is 0. The zero-order valence-electron chi connectivity index (χ0n) is 9.92. The highest BCUT2D eigenvalue weighted by Gasteiger charge is 2.37. The third-order valence-electron chi connectivity index (χ3n) is 3.46. The van der Waals surface area contributed by atoms with Gasteiger partial charge < -0.3 is 4.90 Å². The number of anilines is 1. The summed E-state index contributed by atoms with van der Waals surface area (Å²) in [6.07, 6.45) is 3.60. The minimum absolute atomic E-state index is 0.0598. The van der Waals surface area contributed by atoms with Crippen LogP contribution in [-0.4, -0.2) is 47.8 Å². The molecule has 0 atom stereocenters. The number of nitrogens with zero attached hydrogens (tertiary/aromatic N) is 4. The lowest BCUT2D eigenvalue weighted by Crippen LogP contribution is -2.39. The van der Waals surface area contributed by atoms with Gasteiger partial charge in [0, 0.05) is 13.1 Å². The Morgan fingerprint density at radius 2 is 1.83 bits per heavy atom. The molecule has 6 nitrogen and oxygen atoms in total. The number of rotatable bonds is 2. The number of aromatic nitrogens is 3. The van der Waals surface area contributed by atoms with Gasteiger partial charge in [-0.15, -0.1) is 5.10 Å². The summed E-state index contributed by atoms with van der Waals surface area (Å²) in [6.45, 7) is 1.97. The molecule has 2 fully saturated rings. The summed E-state index contributed by atoms with van der Waals surface area (Å²) in [5.41, 5.74) is 0. The van der Waals surface area contributed by atoms with Crippen molar-refractivity contribution >= 4 is 31.7 Å². The van der Waals surface area contributed by atoms with E-state index < -0.39 is 9.84 Å². The van der Waals surface area contributed by atoms with Gasteiger partial charge >= 0.3 is 0 Å². The molecule has 3 heterocycles. The molecule has 0 radical (unpaired) electrons. The predicted molar refractivity (Wildman–Crippen MR) is 71.5 cm³/mol. The Hall–Kier alpha value is -0.630. The first-order valence-electron chi connectivity index (χ1n) is 6.12. The van der Waals surface area contributed by atoms with Gasteiger partial charge in [-0.25, -0.2) is 13.1 Å². The number of hydrogen-bond acceptors (Lipinski definition) is 5. The highest BCUT2D eigenvalue weighted by atomic mass is 79.9. The minimum Gasteiger partial charge on any atom is -0.340 e. The molecule has 2 aliphatic heterocycles. The van der Waals surface area contributed by atoms with Crippen molar-refractivity contribution in [2.24, 2.45) is 0 Å². The molecular weight excluding hydrogens is 320 g/mol. The van der Waals surface area contributed by atoms with E-state index in [2.05, 4.69) is 30.9 Å². The monoisotopic (exact) mass is 334 g/mol. The Morgan fingerprint density at radius 1 is 1.17 bits per heavy atom. The van der Waals surface area contributed by atoms with Crippen LogP contribution >= 0.6 is 15.9 Å². The van der Waals surface area contributed by atoms with Gasteiger partial charge in [-0.2, -0.15) is 4.98 Å². The van der Waals surface area contributed by atoms with Crippen LogP contribution in [0.25, 0.3) is 0 Å². The van der Waals surface area contributed by atoms with Crippen molar-refractivity contribution in [3.05, 3.63) is 4.73 Å². The molecule has 0 amide bonds. The molecule has 0 N–H and O–H groups in total. The summed E-state index contributed by atoms with van der Waals surface area (Å²) < 4.78 is 24.7. The number of sulfone groups is 1. The van der Waals surface area contributed by atoms with Gasteiger partial charge in [0.15, 0.2) is 14.6 Å². The summed E-state index contributed by atoms with van der Waals surface area (Å²) in [7, 11) is -2.83. The maximum absolute atomic E-state index is 11.2. The van der Waals surface area contributed by atoms with Crippen LogP contribution in [0.1, 0.15) is 25.3 Å². The lowest BCUT2D eigenvalue weighted by molar-refractivity contribution is 0.464. The van der Waals surface area contributed by atoms with Crippen molar-refractivity contribution in [1.29, 1.82) is 0 Å². The summed E-state index contributed by atoms with van der Waals surface area (Å²) in [5, 5.41) is 4.44. The molecule has 0 unspecified atom stereocenters. The lowest BCUT2D eigenvalue weighted by atomic mass is 10.1. The molecule has 0 saturated carbocycles. The average Bonchev–Trinajstić information content (AvgIpc) is 2.69. The molecule has 0 spiro atoms. The zero-order chi connectivity index (χ0) is 12.8. The van der Waals surface area contributed by atoms with Crippen LogP contribution in [0.4, 0.5) is 5.95 Å². The van der Waals surface area contributed by atoms with Crippen LogP contribution < -0.4 is 4.90 Å². The van der Waals surface area contributed by atoms with Crippen LogP contribution in [-0.2, 0) is 9.84 Å². The van der Waals surface area contributed by atoms with Gasteiger partial charge in [0.2, 0.25) is 5.95 Å². The fourth-order valence-electron chi connectivity index (χ4n) is 2.43. The molecule has 3 rings (SSSR count). The number of piperidine rings is 1. The Labute approximate surface area is 114 Å². The maximum Gasteiger partial charge on any atom is 0.245 e. The van der Waals surface area contributed by atoms with Crippen molar-refractivity contribution in [3.63, 3.8) is 0 Å². The second-order valence-corrected chi connectivity index (χ2v) is 7.77. The zero-order valence-corrected chi connectivity index (χ0v) is 12.3. The van der Waals surface area contributed by atoms with Crippen molar-refractivity contribution in [2.75, 3.05) is 29.5 Å². The molecule has 2 saturated heterocycles. The highest BCUT2D eigenvalue weighted by Crippen LogP contribution is 2.28. The van der Waals surface area contributed by atoms with Gasteiger partial charge in [-0.05, 0) is 35.2 Å². The van der Waals surface area contributed by atoms with Crippen molar-refractivity contribution in [2.45, 2.75) is 25.3 Å². The lowest BCUT2D eigenvalue weighted by Gasteiger charge is -2.27. The third-order valence-corrected chi connectivity index (χ3v) is 5.78. The van der Waals surface area contributed by atoms with Crippen LogP contribution in [0.15, 0.2) is 4.73 Å².